The van der Waals surface area contributed by atoms with Crippen LogP contribution in [-0.2, 0) is 4.74 Å². The molecule has 0 aliphatic heterocycles. The number of amides is 1. The molecule has 7 nitrogen and oxygen atoms in total. The molecule has 0 atom stereocenters. The first-order valence-electron chi connectivity index (χ1n) is 8.14. The zero-order valence-electron chi connectivity index (χ0n) is 15.2. The number of carbonyl (C=O) groups is 1. The van der Waals surface area contributed by atoms with Gasteiger partial charge in [-0.1, -0.05) is 11.3 Å². The van der Waals surface area contributed by atoms with Crippen molar-refractivity contribution in [2.75, 3.05) is 44.6 Å². The fourth-order valence-corrected chi connectivity index (χ4v) is 3.96. The molecule has 0 unspecified atom stereocenters. The molecular formula is C18H19BrN4O3S. The molecular weight excluding hydrogens is 432 g/mol. The van der Waals surface area contributed by atoms with Crippen LogP contribution in [0.1, 0.15) is 10.4 Å². The van der Waals surface area contributed by atoms with Crippen LogP contribution >= 0.6 is 27.3 Å². The molecule has 2 aromatic heterocycles. The van der Waals surface area contributed by atoms with Gasteiger partial charge >= 0.3 is 0 Å². The van der Waals surface area contributed by atoms with Gasteiger partial charge in [-0.05, 0) is 40.2 Å². The number of hydrogen-bond acceptors (Lipinski definition) is 7. The molecule has 27 heavy (non-hydrogen) atoms. The number of methoxy groups -OCH3 is 2. The second kappa shape index (κ2) is 8.64. The van der Waals surface area contributed by atoms with Gasteiger partial charge in [-0.3, -0.25) is 10.1 Å². The average molecular weight is 451 g/mol. The number of halogens is 1. The summed E-state index contributed by atoms with van der Waals surface area (Å²) in [5, 5.41) is 3.36. The Hall–Kier alpha value is -2.23. The van der Waals surface area contributed by atoms with Crippen molar-refractivity contribution in [3.8, 4) is 5.75 Å². The summed E-state index contributed by atoms with van der Waals surface area (Å²) < 4.78 is 12.1. The largest absolute Gasteiger partial charge is 0.494 e. The number of anilines is 2. The van der Waals surface area contributed by atoms with Gasteiger partial charge in [0.2, 0.25) is 0 Å². The lowest BCUT2D eigenvalue weighted by Crippen LogP contribution is -2.22. The normalized spacial score (nSPS) is 10.8. The number of aromatic nitrogens is 2. The number of hydrogen-bond donors (Lipinski definition) is 1. The van der Waals surface area contributed by atoms with E-state index in [2.05, 4.69) is 36.1 Å². The van der Waals surface area contributed by atoms with Crippen molar-refractivity contribution < 1.29 is 14.3 Å². The molecule has 3 rings (SSSR count). The highest BCUT2D eigenvalue weighted by Gasteiger charge is 2.17. The van der Waals surface area contributed by atoms with Gasteiger partial charge in [0, 0.05) is 32.5 Å². The van der Waals surface area contributed by atoms with Gasteiger partial charge in [0.25, 0.3) is 5.91 Å². The predicted molar refractivity (Wildman–Crippen MR) is 111 cm³/mol. The minimum Gasteiger partial charge on any atom is -0.494 e. The van der Waals surface area contributed by atoms with Crippen LogP contribution in [0.15, 0.2) is 35.1 Å². The standard InChI is InChI=1S/C18H19BrN4O3S/c1-23(8-9-25-2)12-4-5-13(26-3)15-16(12)27-18(21-15)22-17(24)11-6-7-20-14(19)10-11/h4-7,10H,8-9H2,1-3H3,(H,21,22,24). The van der Waals surface area contributed by atoms with Crippen LogP contribution in [0.3, 0.4) is 0 Å². The molecule has 1 amide bonds. The maximum absolute atomic E-state index is 12.5. The number of carbonyl (C=O) groups excluding carboxylic acids is 1. The highest BCUT2D eigenvalue weighted by molar-refractivity contribution is 9.10. The fourth-order valence-electron chi connectivity index (χ4n) is 2.55. The van der Waals surface area contributed by atoms with Gasteiger partial charge in [-0.2, -0.15) is 0 Å². The van der Waals surface area contributed by atoms with E-state index in [0.29, 0.717) is 27.7 Å². The minimum atomic E-state index is -0.245. The Bertz CT molecular complexity index is 963. The van der Waals surface area contributed by atoms with Crippen LogP contribution in [0.4, 0.5) is 10.8 Å². The SMILES string of the molecule is COCCN(C)c1ccc(OC)c2nc(NC(=O)c3ccnc(Br)c3)sc12. The molecule has 0 saturated carbocycles. The summed E-state index contributed by atoms with van der Waals surface area (Å²) in [5.74, 6) is 0.419. The third-order valence-electron chi connectivity index (χ3n) is 3.96. The van der Waals surface area contributed by atoms with Crippen LogP contribution in [0.2, 0.25) is 0 Å². The fraction of sp³-hybridized carbons (Fsp3) is 0.278. The van der Waals surface area contributed by atoms with Crippen molar-refractivity contribution in [1.29, 1.82) is 0 Å². The lowest BCUT2D eigenvalue weighted by molar-refractivity contribution is 0.102. The Kier molecular flexibility index (Phi) is 6.25. The van der Waals surface area contributed by atoms with Gasteiger partial charge in [0.15, 0.2) is 5.13 Å². The van der Waals surface area contributed by atoms with Crippen molar-refractivity contribution >= 4 is 54.2 Å². The van der Waals surface area contributed by atoms with E-state index in [1.165, 1.54) is 11.3 Å². The minimum absolute atomic E-state index is 0.245. The van der Waals surface area contributed by atoms with E-state index in [0.717, 1.165) is 22.4 Å². The van der Waals surface area contributed by atoms with E-state index in [1.54, 1.807) is 32.5 Å². The molecule has 0 spiro atoms. The number of benzene rings is 1. The smallest absolute Gasteiger partial charge is 0.257 e. The number of nitrogens with one attached hydrogen (secondary N) is 1. The van der Waals surface area contributed by atoms with Gasteiger partial charge in [-0.15, -0.1) is 0 Å². The summed E-state index contributed by atoms with van der Waals surface area (Å²) in [4.78, 5) is 23.2. The number of fused-ring (bicyclic) bond motifs is 1. The van der Waals surface area contributed by atoms with Crippen molar-refractivity contribution in [1.82, 2.24) is 9.97 Å². The highest BCUT2D eigenvalue weighted by atomic mass is 79.9. The van der Waals surface area contributed by atoms with Crippen LogP contribution in [0, 0.1) is 0 Å². The zero-order chi connectivity index (χ0) is 19.4. The third kappa shape index (κ3) is 4.37. The lowest BCUT2D eigenvalue weighted by atomic mass is 10.2. The molecule has 0 bridgehead atoms. The second-order valence-corrected chi connectivity index (χ2v) is 7.53. The van der Waals surface area contributed by atoms with Gasteiger partial charge in [-0.25, -0.2) is 9.97 Å². The molecule has 0 aliphatic carbocycles. The Labute approximate surface area is 169 Å². The van der Waals surface area contributed by atoms with Crippen LogP contribution in [0.5, 0.6) is 5.75 Å². The number of nitrogens with zero attached hydrogens (tertiary/aromatic N) is 3. The number of thiazole rings is 1. The van der Waals surface area contributed by atoms with E-state index < -0.39 is 0 Å². The van der Waals surface area contributed by atoms with Gasteiger partial charge in [0.05, 0.1) is 24.1 Å². The number of rotatable bonds is 7. The first-order valence-corrected chi connectivity index (χ1v) is 9.75. The van der Waals surface area contributed by atoms with E-state index in [1.807, 2.05) is 19.2 Å². The average Bonchev–Trinajstić information content (AvgIpc) is 3.08. The Morgan fingerprint density at radius 2 is 2.15 bits per heavy atom. The molecule has 0 aliphatic rings. The first-order chi connectivity index (χ1) is 13.0. The molecule has 2 heterocycles. The van der Waals surface area contributed by atoms with Gasteiger partial charge in [0.1, 0.15) is 15.9 Å². The molecule has 3 aromatic rings. The van der Waals surface area contributed by atoms with Gasteiger partial charge < -0.3 is 14.4 Å². The second-order valence-electron chi connectivity index (χ2n) is 5.72. The number of ether oxygens (including phenoxy) is 2. The molecule has 0 saturated heterocycles. The van der Waals surface area contributed by atoms with E-state index >= 15 is 0 Å². The maximum atomic E-state index is 12.5. The number of pyridine rings is 1. The summed E-state index contributed by atoms with van der Waals surface area (Å²) in [6, 6.07) is 7.18. The zero-order valence-corrected chi connectivity index (χ0v) is 17.6. The molecule has 9 heteroatoms. The topological polar surface area (TPSA) is 76.6 Å². The Balaban J connectivity index is 1.94. The Morgan fingerprint density at radius 3 is 2.85 bits per heavy atom. The molecule has 142 valence electrons. The predicted octanol–water partition coefficient (Wildman–Crippen LogP) is 3.80. The van der Waals surface area contributed by atoms with Crippen molar-refractivity contribution in [2.45, 2.75) is 0 Å². The molecule has 1 aromatic carbocycles. The summed E-state index contributed by atoms with van der Waals surface area (Å²) >= 11 is 4.68. The lowest BCUT2D eigenvalue weighted by Gasteiger charge is -2.19. The quantitative estimate of drug-likeness (QED) is 0.551. The maximum Gasteiger partial charge on any atom is 0.257 e. The van der Waals surface area contributed by atoms with Crippen molar-refractivity contribution in [3.63, 3.8) is 0 Å². The molecule has 1 N–H and O–H groups in total. The number of likely N-dealkylation sites (N-methyl/N-ethyl adjacent to an activating group) is 1. The summed E-state index contributed by atoms with van der Waals surface area (Å²) in [7, 11) is 5.27. The first kappa shape index (κ1) is 19.5. The van der Waals surface area contributed by atoms with E-state index in [-0.39, 0.29) is 5.91 Å². The highest BCUT2D eigenvalue weighted by Crippen LogP contribution is 2.39. The summed E-state index contributed by atoms with van der Waals surface area (Å²) in [5.41, 5.74) is 2.23. The van der Waals surface area contributed by atoms with E-state index in [9.17, 15) is 4.79 Å². The van der Waals surface area contributed by atoms with Crippen LogP contribution in [0.25, 0.3) is 10.2 Å². The Morgan fingerprint density at radius 1 is 1.33 bits per heavy atom. The van der Waals surface area contributed by atoms with Crippen LogP contribution in [-0.4, -0.2) is 50.3 Å². The van der Waals surface area contributed by atoms with Crippen LogP contribution < -0.4 is 15.0 Å². The monoisotopic (exact) mass is 450 g/mol. The third-order valence-corrected chi connectivity index (χ3v) is 5.38. The molecule has 0 fully saturated rings. The summed E-state index contributed by atoms with van der Waals surface area (Å²) in [6.07, 6.45) is 1.57. The van der Waals surface area contributed by atoms with Crippen molar-refractivity contribution in [2.24, 2.45) is 0 Å². The van der Waals surface area contributed by atoms with Crippen molar-refractivity contribution in [3.05, 3.63) is 40.6 Å². The molecule has 0 radical (unpaired) electrons. The summed E-state index contributed by atoms with van der Waals surface area (Å²) in [6.45, 7) is 1.35. The van der Waals surface area contributed by atoms with E-state index in [4.69, 9.17) is 9.47 Å².